The normalized spacial score (nSPS) is 24.8. The lowest BCUT2D eigenvalue weighted by molar-refractivity contribution is -0.148. The molecule has 1 N–H and O–H groups in total. The van der Waals surface area contributed by atoms with Crippen LogP contribution in [0.25, 0.3) is 0 Å². The van der Waals surface area contributed by atoms with Gasteiger partial charge in [0.05, 0.1) is 17.7 Å². The third-order valence-electron chi connectivity index (χ3n) is 6.71. The second-order valence-corrected chi connectivity index (χ2v) is 8.67. The summed E-state index contributed by atoms with van der Waals surface area (Å²) in [7, 11) is 0. The minimum atomic E-state index is -0.901. The highest BCUT2D eigenvalue weighted by Crippen LogP contribution is 2.38. The highest BCUT2D eigenvalue weighted by atomic mass is 16.5. The Kier molecular flexibility index (Phi) is 5.99. The van der Waals surface area contributed by atoms with Crippen LogP contribution in [0.4, 0.5) is 4.79 Å². The first-order chi connectivity index (χ1) is 15.3. The first-order valence-corrected chi connectivity index (χ1v) is 11.1. The fraction of sp³-hybridized carbons (Fsp3) is 0.522. The Bertz CT molecular complexity index is 941. The predicted octanol–water partition coefficient (Wildman–Crippen LogP) is 2.11. The Hall–Kier alpha value is -3.23. The molecule has 4 rings (SSSR count). The number of amides is 5. The van der Waals surface area contributed by atoms with E-state index in [1.54, 1.807) is 24.3 Å². The van der Waals surface area contributed by atoms with Crippen molar-refractivity contribution in [2.75, 3.05) is 19.7 Å². The zero-order valence-electron chi connectivity index (χ0n) is 18.1. The van der Waals surface area contributed by atoms with Gasteiger partial charge in [-0.25, -0.2) is 4.79 Å². The van der Waals surface area contributed by atoms with Crippen LogP contribution >= 0.6 is 0 Å². The molecule has 0 radical (unpaired) electrons. The highest BCUT2D eigenvalue weighted by molar-refractivity contribution is 6.21. The number of carbonyl (C=O) groups excluding carboxylic acids is 5. The Morgan fingerprint density at radius 3 is 2.41 bits per heavy atom. The fourth-order valence-electron chi connectivity index (χ4n) is 4.81. The summed E-state index contributed by atoms with van der Waals surface area (Å²) in [6.07, 6.45) is 4.25. The number of hydrogen-bond acceptors (Lipinski definition) is 6. The van der Waals surface area contributed by atoms with Crippen LogP contribution in [0.5, 0.6) is 0 Å². The molecule has 1 spiro atoms. The van der Waals surface area contributed by atoms with Crippen molar-refractivity contribution >= 4 is 29.7 Å². The monoisotopic (exact) mass is 441 g/mol. The van der Waals surface area contributed by atoms with Crippen molar-refractivity contribution in [2.45, 2.75) is 51.0 Å². The van der Waals surface area contributed by atoms with E-state index in [9.17, 15) is 24.0 Å². The molecule has 1 saturated heterocycles. The second kappa shape index (κ2) is 8.72. The number of benzene rings is 1. The maximum absolute atomic E-state index is 12.9. The van der Waals surface area contributed by atoms with E-state index < -0.39 is 24.1 Å². The largest absolute Gasteiger partial charge is 0.464 e. The molecule has 1 saturated carbocycles. The number of carbonyl (C=O) groups is 5. The van der Waals surface area contributed by atoms with Crippen molar-refractivity contribution in [3.05, 3.63) is 35.4 Å². The molecule has 0 unspecified atom stereocenters. The average molecular weight is 441 g/mol. The van der Waals surface area contributed by atoms with Crippen molar-refractivity contribution in [3.63, 3.8) is 0 Å². The van der Waals surface area contributed by atoms with Crippen LogP contribution in [0, 0.1) is 5.92 Å². The lowest BCUT2D eigenvalue weighted by Crippen LogP contribution is -2.54. The van der Waals surface area contributed by atoms with E-state index in [1.165, 1.54) is 4.90 Å². The summed E-state index contributed by atoms with van der Waals surface area (Å²) < 4.78 is 5.18. The molecule has 5 amide bonds. The van der Waals surface area contributed by atoms with E-state index in [1.807, 2.05) is 6.92 Å². The van der Waals surface area contributed by atoms with Gasteiger partial charge in [-0.3, -0.25) is 29.0 Å². The average Bonchev–Trinajstić information content (AvgIpc) is 3.16. The van der Waals surface area contributed by atoms with Crippen molar-refractivity contribution < 1.29 is 28.7 Å². The first-order valence-electron chi connectivity index (χ1n) is 11.1. The van der Waals surface area contributed by atoms with Gasteiger partial charge in [-0.05, 0) is 43.7 Å². The van der Waals surface area contributed by atoms with Gasteiger partial charge in [0.25, 0.3) is 17.7 Å². The van der Waals surface area contributed by atoms with Crippen LogP contribution in [0.15, 0.2) is 24.3 Å². The van der Waals surface area contributed by atoms with Gasteiger partial charge < -0.3 is 10.1 Å². The quantitative estimate of drug-likeness (QED) is 0.300. The topological polar surface area (TPSA) is 113 Å². The Labute approximate surface area is 186 Å². The zero-order valence-corrected chi connectivity index (χ0v) is 18.1. The molecule has 2 aliphatic heterocycles. The summed E-state index contributed by atoms with van der Waals surface area (Å²) in [5.74, 6) is -1.61. The van der Waals surface area contributed by atoms with Crippen molar-refractivity contribution in [1.29, 1.82) is 0 Å². The SMILES string of the molecule is C[C@@H]1CCCC[C@]12NC(=O)N(CC(=O)OCCCCN1C(=O)c3ccccc3C1=O)C2=O. The first kappa shape index (κ1) is 22.0. The zero-order chi connectivity index (χ0) is 22.9. The fourth-order valence-corrected chi connectivity index (χ4v) is 4.81. The summed E-state index contributed by atoms with van der Waals surface area (Å²) in [5.41, 5.74) is -0.0905. The highest BCUT2D eigenvalue weighted by Gasteiger charge is 2.55. The Morgan fingerprint density at radius 2 is 1.75 bits per heavy atom. The molecule has 2 fully saturated rings. The van der Waals surface area contributed by atoms with Crippen molar-refractivity contribution in [2.24, 2.45) is 5.92 Å². The van der Waals surface area contributed by atoms with Gasteiger partial charge in [-0.15, -0.1) is 0 Å². The third kappa shape index (κ3) is 3.76. The molecular weight excluding hydrogens is 414 g/mol. The number of urea groups is 1. The molecule has 1 aliphatic carbocycles. The van der Waals surface area contributed by atoms with Gasteiger partial charge in [0, 0.05) is 6.54 Å². The summed E-state index contributed by atoms with van der Waals surface area (Å²) >= 11 is 0. The molecule has 9 nitrogen and oxygen atoms in total. The van der Waals surface area contributed by atoms with E-state index >= 15 is 0 Å². The molecule has 2 atom stereocenters. The van der Waals surface area contributed by atoms with Crippen LogP contribution in [0.3, 0.4) is 0 Å². The maximum atomic E-state index is 12.9. The van der Waals surface area contributed by atoms with E-state index in [4.69, 9.17) is 4.74 Å². The number of imide groups is 2. The number of ether oxygens (including phenoxy) is 1. The van der Waals surface area contributed by atoms with Crippen LogP contribution in [-0.2, 0) is 14.3 Å². The van der Waals surface area contributed by atoms with Crippen molar-refractivity contribution in [1.82, 2.24) is 15.1 Å². The maximum Gasteiger partial charge on any atom is 0.326 e. The standard InChI is InChI=1S/C23H27N3O6/c1-15-8-4-5-11-23(15)21(30)26(22(31)24-23)14-18(27)32-13-7-6-12-25-19(28)16-9-2-3-10-17(16)20(25)29/h2-3,9-10,15H,4-8,11-14H2,1H3,(H,24,31)/t15-,23+/m1/s1. The van der Waals surface area contributed by atoms with Gasteiger partial charge >= 0.3 is 12.0 Å². The van der Waals surface area contributed by atoms with E-state index in [2.05, 4.69) is 5.32 Å². The number of rotatable bonds is 7. The summed E-state index contributed by atoms with van der Waals surface area (Å²) in [6.45, 7) is 1.84. The van der Waals surface area contributed by atoms with Crippen LogP contribution in [0.1, 0.15) is 66.2 Å². The second-order valence-electron chi connectivity index (χ2n) is 8.67. The van der Waals surface area contributed by atoms with Gasteiger partial charge in [0.1, 0.15) is 12.1 Å². The molecule has 3 aliphatic rings. The number of fused-ring (bicyclic) bond motifs is 1. The van der Waals surface area contributed by atoms with Gasteiger partial charge in [0.2, 0.25) is 0 Å². The van der Waals surface area contributed by atoms with Crippen LogP contribution in [0.2, 0.25) is 0 Å². The summed E-state index contributed by atoms with van der Waals surface area (Å²) in [5, 5.41) is 2.81. The Morgan fingerprint density at radius 1 is 1.06 bits per heavy atom. The molecular formula is C23H27N3O6. The minimum absolute atomic E-state index is 0.0240. The predicted molar refractivity (Wildman–Crippen MR) is 113 cm³/mol. The van der Waals surface area contributed by atoms with Gasteiger partial charge in [0.15, 0.2) is 0 Å². The van der Waals surface area contributed by atoms with Crippen LogP contribution in [-0.4, -0.2) is 64.8 Å². The number of hydrogen-bond donors (Lipinski definition) is 1. The number of esters is 1. The van der Waals surface area contributed by atoms with Crippen LogP contribution < -0.4 is 5.32 Å². The molecule has 9 heteroatoms. The lowest BCUT2D eigenvalue weighted by Gasteiger charge is -2.36. The van der Waals surface area contributed by atoms with Gasteiger partial charge in [-0.2, -0.15) is 0 Å². The number of nitrogens with zero attached hydrogens (tertiary/aromatic N) is 2. The van der Waals surface area contributed by atoms with E-state index in [0.29, 0.717) is 30.4 Å². The molecule has 2 heterocycles. The van der Waals surface area contributed by atoms with Gasteiger partial charge in [-0.1, -0.05) is 31.9 Å². The molecule has 1 aromatic rings. The molecule has 0 bridgehead atoms. The van der Waals surface area contributed by atoms with Crippen molar-refractivity contribution in [3.8, 4) is 0 Å². The third-order valence-corrected chi connectivity index (χ3v) is 6.71. The number of unbranched alkanes of at least 4 members (excludes halogenated alkanes) is 1. The molecule has 32 heavy (non-hydrogen) atoms. The van der Waals surface area contributed by atoms with E-state index in [-0.39, 0.29) is 36.8 Å². The van der Waals surface area contributed by atoms with E-state index in [0.717, 1.165) is 24.2 Å². The Balaban J connectivity index is 1.21. The lowest BCUT2D eigenvalue weighted by atomic mass is 9.73. The molecule has 0 aromatic heterocycles. The summed E-state index contributed by atoms with van der Waals surface area (Å²) in [4.78, 5) is 64.2. The summed E-state index contributed by atoms with van der Waals surface area (Å²) in [6, 6.07) is 6.15. The smallest absolute Gasteiger partial charge is 0.326 e. The molecule has 170 valence electrons. The molecule has 1 aromatic carbocycles. The number of nitrogens with one attached hydrogen (secondary N) is 1. The minimum Gasteiger partial charge on any atom is -0.464 e.